The first kappa shape index (κ1) is 25.3. The molecule has 0 fully saturated rings. The molecule has 10 heteroatoms. The van der Waals surface area contributed by atoms with Crippen molar-refractivity contribution >= 4 is 34.9 Å². The van der Waals surface area contributed by atoms with E-state index >= 15 is 0 Å². The summed E-state index contributed by atoms with van der Waals surface area (Å²) >= 11 is 0. The molecule has 4 heterocycles. The Balaban J connectivity index is 1.38. The van der Waals surface area contributed by atoms with Crippen molar-refractivity contribution in [3.8, 4) is 5.88 Å². The summed E-state index contributed by atoms with van der Waals surface area (Å²) in [6, 6.07) is 8.57. The van der Waals surface area contributed by atoms with Crippen molar-refractivity contribution in [1.82, 2.24) is 9.97 Å². The number of nitrogens with one attached hydrogen (secondary N) is 1. The molecule has 3 aromatic rings. The van der Waals surface area contributed by atoms with Crippen LogP contribution in [0.5, 0.6) is 5.88 Å². The number of carboxylic acid groups (broad SMARTS) is 1. The molecule has 2 N–H and O–H groups in total. The lowest BCUT2D eigenvalue weighted by molar-refractivity contribution is 0.0565. The highest BCUT2D eigenvalue weighted by atomic mass is 16.6. The molecule has 0 unspecified atom stereocenters. The Morgan fingerprint density at radius 3 is 2.55 bits per heavy atom. The Morgan fingerprint density at radius 2 is 1.84 bits per heavy atom. The minimum absolute atomic E-state index is 0.231. The number of carboxylic acids is 1. The molecule has 0 saturated heterocycles. The molecule has 0 saturated carbocycles. The van der Waals surface area contributed by atoms with Gasteiger partial charge in [0.2, 0.25) is 5.88 Å². The van der Waals surface area contributed by atoms with Crippen molar-refractivity contribution in [2.24, 2.45) is 0 Å². The van der Waals surface area contributed by atoms with Gasteiger partial charge in [-0.3, -0.25) is 4.90 Å². The van der Waals surface area contributed by atoms with Crippen molar-refractivity contribution in [3.05, 3.63) is 65.0 Å². The van der Waals surface area contributed by atoms with Gasteiger partial charge >= 0.3 is 12.1 Å². The molecule has 198 valence electrons. The van der Waals surface area contributed by atoms with Crippen LogP contribution >= 0.6 is 0 Å². The maximum absolute atomic E-state index is 13.0. The first-order valence-corrected chi connectivity index (χ1v) is 12.5. The average Bonchev–Trinajstić information content (AvgIpc) is 2.87. The highest BCUT2D eigenvalue weighted by Crippen LogP contribution is 2.40. The third-order valence-corrected chi connectivity index (χ3v) is 6.52. The molecular formula is C28H31N5O5. The lowest BCUT2D eigenvalue weighted by Crippen LogP contribution is -2.42. The monoisotopic (exact) mass is 517 g/mol. The largest absolute Gasteiger partial charge is 0.478 e. The average molecular weight is 518 g/mol. The first-order chi connectivity index (χ1) is 18.1. The number of carbonyl (C=O) groups is 2. The van der Waals surface area contributed by atoms with Gasteiger partial charge in [0.1, 0.15) is 23.7 Å². The second-order valence-electron chi connectivity index (χ2n) is 10.4. The second-order valence-corrected chi connectivity index (χ2v) is 10.4. The van der Waals surface area contributed by atoms with Gasteiger partial charge in [-0.25, -0.2) is 19.6 Å². The predicted octanol–water partition coefficient (Wildman–Crippen LogP) is 4.92. The number of pyridine rings is 2. The number of aromatic carboxylic acids is 1. The number of fused-ring (bicyclic) bond motifs is 2. The van der Waals surface area contributed by atoms with E-state index in [0.29, 0.717) is 37.1 Å². The van der Waals surface area contributed by atoms with E-state index in [0.717, 1.165) is 35.5 Å². The van der Waals surface area contributed by atoms with Crippen molar-refractivity contribution in [3.63, 3.8) is 0 Å². The number of nitrogens with zero attached hydrogens (tertiary/aromatic N) is 4. The van der Waals surface area contributed by atoms with Crippen molar-refractivity contribution in [2.45, 2.75) is 46.3 Å². The fourth-order valence-corrected chi connectivity index (χ4v) is 4.70. The minimum atomic E-state index is -0.962. The van der Waals surface area contributed by atoms with E-state index in [4.69, 9.17) is 14.6 Å². The molecule has 0 radical (unpaired) electrons. The van der Waals surface area contributed by atoms with Gasteiger partial charge < -0.3 is 24.8 Å². The third-order valence-electron chi connectivity index (χ3n) is 6.52. The van der Waals surface area contributed by atoms with E-state index in [1.54, 1.807) is 29.2 Å². The molecule has 2 aliphatic rings. The topological polar surface area (TPSA) is 117 Å². The number of hydrogen-bond acceptors (Lipinski definition) is 8. The highest BCUT2D eigenvalue weighted by molar-refractivity contribution is 5.92. The molecule has 2 aromatic heterocycles. The molecule has 0 atom stereocenters. The minimum Gasteiger partial charge on any atom is -0.478 e. The lowest BCUT2D eigenvalue weighted by atomic mass is 10.0. The number of ether oxygens (including phenoxy) is 2. The van der Waals surface area contributed by atoms with Gasteiger partial charge in [0.15, 0.2) is 0 Å². The summed E-state index contributed by atoms with van der Waals surface area (Å²) in [5.41, 5.74) is 5.18. The Kier molecular flexibility index (Phi) is 6.56. The zero-order valence-corrected chi connectivity index (χ0v) is 21.9. The van der Waals surface area contributed by atoms with Gasteiger partial charge in [-0.2, -0.15) is 0 Å². The van der Waals surface area contributed by atoms with Crippen LogP contribution in [0.15, 0.2) is 42.7 Å². The molecular weight excluding hydrogens is 486 g/mol. The van der Waals surface area contributed by atoms with E-state index in [2.05, 4.69) is 20.2 Å². The number of aromatic nitrogens is 2. The van der Waals surface area contributed by atoms with Crippen LogP contribution in [0.2, 0.25) is 0 Å². The van der Waals surface area contributed by atoms with Gasteiger partial charge in [-0.15, -0.1) is 0 Å². The van der Waals surface area contributed by atoms with Crippen LogP contribution in [0, 0.1) is 6.92 Å². The summed E-state index contributed by atoms with van der Waals surface area (Å²) in [4.78, 5) is 37.1. The summed E-state index contributed by atoms with van der Waals surface area (Å²) in [5.74, 6) is 0.153. The van der Waals surface area contributed by atoms with Crippen molar-refractivity contribution < 1.29 is 24.2 Å². The number of amides is 1. The normalized spacial score (nSPS) is 14.7. The van der Waals surface area contributed by atoms with Gasteiger partial charge in [0, 0.05) is 30.5 Å². The first-order valence-electron chi connectivity index (χ1n) is 12.5. The number of benzene rings is 1. The number of carbonyl (C=O) groups excluding carboxylic acids is 1. The Labute approximate surface area is 221 Å². The summed E-state index contributed by atoms with van der Waals surface area (Å²) in [6.45, 7) is 9.72. The molecule has 1 aromatic carbocycles. The van der Waals surface area contributed by atoms with Crippen LogP contribution in [-0.4, -0.2) is 52.4 Å². The van der Waals surface area contributed by atoms with E-state index in [1.807, 2.05) is 46.2 Å². The predicted molar refractivity (Wildman–Crippen MR) is 144 cm³/mol. The molecule has 5 rings (SSSR count). The van der Waals surface area contributed by atoms with Gasteiger partial charge in [0.05, 0.1) is 24.0 Å². The number of hydrogen-bond donors (Lipinski definition) is 2. The molecule has 0 spiro atoms. The standard InChI is InChI=1S/C28H31N5O5/c1-17-22(15-30-25-24(17)33(11-12-37-25)27(36)38-28(2,3)4)32-10-9-19-14-29-23(13-20(19)16-32)31-21-7-5-18(6-8-21)26(34)35/h5-8,13-15H,9-12,16H2,1-4H3,(H,29,31)(H,34,35). The van der Waals surface area contributed by atoms with E-state index in [-0.39, 0.29) is 5.56 Å². The zero-order chi connectivity index (χ0) is 27.0. The molecule has 10 nitrogen and oxygen atoms in total. The molecule has 0 aliphatic carbocycles. The summed E-state index contributed by atoms with van der Waals surface area (Å²) in [5, 5.41) is 12.4. The Hall–Kier alpha value is -4.34. The Bertz CT molecular complexity index is 1380. The maximum atomic E-state index is 13.0. The fourth-order valence-electron chi connectivity index (χ4n) is 4.70. The smallest absolute Gasteiger partial charge is 0.415 e. The zero-order valence-electron chi connectivity index (χ0n) is 21.9. The summed E-state index contributed by atoms with van der Waals surface area (Å²) in [7, 11) is 0. The van der Waals surface area contributed by atoms with Crippen molar-refractivity contribution in [1.29, 1.82) is 0 Å². The van der Waals surface area contributed by atoms with Crippen LogP contribution in [-0.2, 0) is 17.7 Å². The maximum Gasteiger partial charge on any atom is 0.415 e. The van der Waals surface area contributed by atoms with Crippen LogP contribution < -0.4 is 19.9 Å². The van der Waals surface area contributed by atoms with Gasteiger partial charge in [0.25, 0.3) is 0 Å². The van der Waals surface area contributed by atoms with E-state index in [9.17, 15) is 9.59 Å². The van der Waals surface area contributed by atoms with Crippen LogP contribution in [0.3, 0.4) is 0 Å². The SMILES string of the molecule is Cc1c(N2CCc3cnc(Nc4ccc(C(=O)O)cc4)cc3C2)cnc2c1N(C(=O)OC(C)(C)C)CCO2. The Morgan fingerprint density at radius 1 is 1.08 bits per heavy atom. The van der Waals surface area contributed by atoms with E-state index in [1.165, 1.54) is 5.56 Å². The highest BCUT2D eigenvalue weighted by Gasteiger charge is 2.32. The van der Waals surface area contributed by atoms with Gasteiger partial charge in [-0.05, 0) is 75.6 Å². The van der Waals surface area contributed by atoms with Crippen LogP contribution in [0.25, 0.3) is 0 Å². The van der Waals surface area contributed by atoms with Crippen LogP contribution in [0.1, 0.15) is 47.8 Å². The summed E-state index contributed by atoms with van der Waals surface area (Å²) in [6.07, 6.45) is 4.10. The van der Waals surface area contributed by atoms with Crippen LogP contribution in [0.4, 0.5) is 27.7 Å². The number of anilines is 4. The fraction of sp³-hybridized carbons (Fsp3) is 0.357. The molecule has 2 aliphatic heterocycles. The summed E-state index contributed by atoms with van der Waals surface area (Å²) < 4.78 is 11.4. The van der Waals surface area contributed by atoms with Gasteiger partial charge in [-0.1, -0.05) is 0 Å². The quantitative estimate of drug-likeness (QED) is 0.497. The molecule has 0 bridgehead atoms. The lowest BCUT2D eigenvalue weighted by Gasteiger charge is -2.35. The second kappa shape index (κ2) is 9.85. The molecule has 1 amide bonds. The number of rotatable bonds is 4. The van der Waals surface area contributed by atoms with E-state index < -0.39 is 17.7 Å². The molecule has 38 heavy (non-hydrogen) atoms. The van der Waals surface area contributed by atoms with Crippen molar-refractivity contribution in [2.75, 3.05) is 34.8 Å². The third kappa shape index (κ3) is 5.20.